The third kappa shape index (κ3) is 3.25. The molecule has 1 aliphatic rings. The number of hydrogen-bond donors (Lipinski definition) is 3. The Bertz CT molecular complexity index is 497. The summed E-state index contributed by atoms with van der Waals surface area (Å²) >= 11 is 5.85. The van der Waals surface area contributed by atoms with E-state index in [1.54, 1.807) is 18.2 Å². The van der Waals surface area contributed by atoms with Crippen LogP contribution in [0.2, 0.25) is 5.02 Å². The molecule has 1 aliphatic carbocycles. The number of nitrogens with one attached hydrogen (secondary N) is 1. The van der Waals surface area contributed by atoms with Gasteiger partial charge in [0.2, 0.25) is 0 Å². The molecule has 0 spiro atoms. The van der Waals surface area contributed by atoms with Gasteiger partial charge in [0.25, 0.3) is 5.91 Å². The van der Waals surface area contributed by atoms with Crippen molar-refractivity contribution < 1.29 is 9.90 Å². The Morgan fingerprint density at radius 1 is 1.50 bits per heavy atom. The minimum Gasteiger partial charge on any atom is -0.398 e. The number of anilines is 1. The van der Waals surface area contributed by atoms with Gasteiger partial charge in [-0.2, -0.15) is 0 Å². The van der Waals surface area contributed by atoms with E-state index in [4.69, 9.17) is 17.3 Å². The van der Waals surface area contributed by atoms with Crippen LogP contribution in [0.25, 0.3) is 0 Å². The van der Waals surface area contributed by atoms with Gasteiger partial charge in [0.05, 0.1) is 22.9 Å². The van der Waals surface area contributed by atoms with E-state index in [0.29, 0.717) is 22.2 Å². The number of nitrogens with two attached hydrogens (primary N) is 1. The highest BCUT2D eigenvalue weighted by Crippen LogP contribution is 2.32. The average Bonchev–Trinajstić information content (AvgIpc) is 2.44. The van der Waals surface area contributed by atoms with Gasteiger partial charge in [-0.05, 0) is 49.8 Å². The molecule has 0 aliphatic heterocycles. The molecular formula is C15H21ClN2O2. The number of nitrogen functional groups attached to an aromatic ring is 1. The minimum absolute atomic E-state index is 0.0332. The van der Waals surface area contributed by atoms with Crippen LogP contribution >= 0.6 is 11.6 Å². The molecule has 0 aromatic heterocycles. The Labute approximate surface area is 124 Å². The van der Waals surface area contributed by atoms with Crippen LogP contribution in [-0.4, -0.2) is 23.2 Å². The number of benzene rings is 1. The number of carbonyl (C=O) groups excluding carboxylic acids is 1. The molecule has 2 rings (SSSR count). The third-order valence-electron chi connectivity index (χ3n) is 4.17. The smallest absolute Gasteiger partial charge is 0.251 e. The van der Waals surface area contributed by atoms with Crippen LogP contribution in [0.4, 0.5) is 5.69 Å². The number of carbonyl (C=O) groups is 1. The average molecular weight is 297 g/mol. The molecule has 0 atom stereocenters. The Hall–Kier alpha value is -1.26. The highest BCUT2D eigenvalue weighted by molar-refractivity contribution is 6.33. The zero-order valence-electron chi connectivity index (χ0n) is 11.7. The van der Waals surface area contributed by atoms with Crippen LogP contribution < -0.4 is 11.1 Å². The summed E-state index contributed by atoms with van der Waals surface area (Å²) in [6.45, 7) is 2.16. The number of halogens is 1. The highest BCUT2D eigenvalue weighted by Gasteiger charge is 2.35. The summed E-state index contributed by atoms with van der Waals surface area (Å²) in [5, 5.41) is 13.1. The normalized spacial score (nSPS) is 26.2. The number of aliphatic hydroxyl groups excluding tert-OH is 1. The van der Waals surface area contributed by atoms with Gasteiger partial charge in [0, 0.05) is 5.56 Å². The second-order valence-electron chi connectivity index (χ2n) is 5.81. The Kier molecular flexibility index (Phi) is 4.55. The van der Waals surface area contributed by atoms with Crippen LogP contribution in [0.5, 0.6) is 0 Å². The maximum atomic E-state index is 12.3. The predicted molar refractivity (Wildman–Crippen MR) is 80.8 cm³/mol. The summed E-state index contributed by atoms with van der Waals surface area (Å²) in [4.78, 5) is 12.3. The topological polar surface area (TPSA) is 75.3 Å². The van der Waals surface area contributed by atoms with Crippen LogP contribution in [0.3, 0.4) is 0 Å². The minimum atomic E-state index is -0.502. The lowest BCUT2D eigenvalue weighted by Gasteiger charge is -2.38. The Balaban J connectivity index is 2.11. The van der Waals surface area contributed by atoms with Crippen molar-refractivity contribution in [2.75, 3.05) is 12.3 Å². The predicted octanol–water partition coefficient (Wildman–Crippen LogP) is 2.59. The van der Waals surface area contributed by atoms with Crippen LogP contribution in [0, 0.1) is 5.92 Å². The number of hydrogen-bond acceptors (Lipinski definition) is 3. The number of rotatable bonds is 3. The maximum absolute atomic E-state index is 12.3. The van der Waals surface area contributed by atoms with E-state index in [1.807, 2.05) is 0 Å². The Morgan fingerprint density at radius 2 is 2.15 bits per heavy atom. The largest absolute Gasteiger partial charge is 0.398 e. The summed E-state index contributed by atoms with van der Waals surface area (Å²) in [7, 11) is 0. The quantitative estimate of drug-likeness (QED) is 0.751. The molecular weight excluding hydrogens is 276 g/mol. The van der Waals surface area contributed by atoms with E-state index < -0.39 is 5.54 Å². The van der Waals surface area contributed by atoms with Gasteiger partial charge >= 0.3 is 0 Å². The molecule has 4 nitrogen and oxygen atoms in total. The standard InChI is InChI=1S/C15H21ClN2O2/c1-10-4-6-15(9-19,7-5-10)18-14(20)11-2-3-12(16)13(17)8-11/h2-3,8,10,19H,4-7,9,17H2,1H3,(H,18,20). The monoisotopic (exact) mass is 296 g/mol. The molecule has 0 radical (unpaired) electrons. The van der Waals surface area contributed by atoms with E-state index in [2.05, 4.69) is 12.2 Å². The molecule has 5 heteroatoms. The van der Waals surface area contributed by atoms with Crippen molar-refractivity contribution in [3.05, 3.63) is 28.8 Å². The summed E-state index contributed by atoms with van der Waals surface area (Å²) in [6.07, 6.45) is 3.64. The van der Waals surface area contributed by atoms with Gasteiger partial charge in [0.1, 0.15) is 0 Å². The molecule has 0 saturated heterocycles. The molecule has 1 aromatic carbocycles. The highest BCUT2D eigenvalue weighted by atomic mass is 35.5. The fourth-order valence-electron chi connectivity index (χ4n) is 2.64. The van der Waals surface area contributed by atoms with Crippen molar-refractivity contribution in [3.63, 3.8) is 0 Å². The lowest BCUT2D eigenvalue weighted by atomic mass is 9.77. The van der Waals surface area contributed by atoms with Crippen LogP contribution in [0.15, 0.2) is 18.2 Å². The molecule has 1 saturated carbocycles. The molecule has 20 heavy (non-hydrogen) atoms. The second-order valence-corrected chi connectivity index (χ2v) is 6.22. The first kappa shape index (κ1) is 15.1. The van der Waals surface area contributed by atoms with E-state index in [0.717, 1.165) is 25.7 Å². The van der Waals surface area contributed by atoms with Gasteiger partial charge in [0.15, 0.2) is 0 Å². The second kappa shape index (κ2) is 6.02. The van der Waals surface area contributed by atoms with Crippen LogP contribution in [-0.2, 0) is 0 Å². The molecule has 1 aromatic rings. The zero-order chi connectivity index (χ0) is 14.8. The first-order chi connectivity index (χ1) is 9.46. The summed E-state index contributed by atoms with van der Waals surface area (Å²) in [6, 6.07) is 4.82. The van der Waals surface area contributed by atoms with Gasteiger partial charge in [-0.15, -0.1) is 0 Å². The molecule has 4 N–H and O–H groups in total. The van der Waals surface area contributed by atoms with E-state index in [-0.39, 0.29) is 12.5 Å². The molecule has 1 amide bonds. The van der Waals surface area contributed by atoms with Crippen molar-refractivity contribution in [1.82, 2.24) is 5.32 Å². The van der Waals surface area contributed by atoms with Crippen molar-refractivity contribution in [2.24, 2.45) is 5.92 Å². The molecule has 1 fully saturated rings. The first-order valence-corrected chi connectivity index (χ1v) is 7.32. The van der Waals surface area contributed by atoms with Crippen molar-refractivity contribution in [3.8, 4) is 0 Å². The van der Waals surface area contributed by atoms with Gasteiger partial charge in [-0.25, -0.2) is 0 Å². The van der Waals surface area contributed by atoms with E-state index in [1.165, 1.54) is 0 Å². The molecule has 0 bridgehead atoms. The van der Waals surface area contributed by atoms with E-state index in [9.17, 15) is 9.90 Å². The lowest BCUT2D eigenvalue weighted by molar-refractivity contribution is 0.0717. The van der Waals surface area contributed by atoms with Gasteiger partial charge in [-0.1, -0.05) is 18.5 Å². The first-order valence-electron chi connectivity index (χ1n) is 6.94. The van der Waals surface area contributed by atoms with Gasteiger partial charge < -0.3 is 16.2 Å². The maximum Gasteiger partial charge on any atom is 0.251 e. The van der Waals surface area contributed by atoms with Crippen molar-refractivity contribution in [2.45, 2.75) is 38.1 Å². The molecule has 110 valence electrons. The number of amides is 1. The van der Waals surface area contributed by atoms with Gasteiger partial charge in [-0.3, -0.25) is 4.79 Å². The SMILES string of the molecule is CC1CCC(CO)(NC(=O)c2ccc(Cl)c(N)c2)CC1. The Morgan fingerprint density at radius 3 is 2.70 bits per heavy atom. The fourth-order valence-corrected chi connectivity index (χ4v) is 2.75. The van der Waals surface area contributed by atoms with Crippen molar-refractivity contribution in [1.29, 1.82) is 0 Å². The fraction of sp³-hybridized carbons (Fsp3) is 0.533. The third-order valence-corrected chi connectivity index (χ3v) is 4.52. The summed E-state index contributed by atoms with van der Waals surface area (Å²) in [5.41, 5.74) is 6.07. The molecule has 0 unspecified atom stereocenters. The summed E-state index contributed by atoms with van der Waals surface area (Å²) < 4.78 is 0. The number of aliphatic hydroxyl groups is 1. The summed E-state index contributed by atoms with van der Waals surface area (Å²) in [5.74, 6) is 0.440. The van der Waals surface area contributed by atoms with Crippen LogP contribution in [0.1, 0.15) is 43.0 Å². The zero-order valence-corrected chi connectivity index (χ0v) is 12.4. The molecule has 0 heterocycles. The van der Waals surface area contributed by atoms with Crippen molar-refractivity contribution >= 4 is 23.2 Å². The lowest BCUT2D eigenvalue weighted by Crippen LogP contribution is -2.53. The van der Waals surface area contributed by atoms with E-state index >= 15 is 0 Å².